The van der Waals surface area contributed by atoms with Crippen molar-refractivity contribution in [2.45, 2.75) is 38.8 Å². The summed E-state index contributed by atoms with van der Waals surface area (Å²) >= 11 is 0. The molecule has 0 aromatic heterocycles. The molecule has 120 valence electrons. The predicted octanol–water partition coefficient (Wildman–Crippen LogP) is -0.921. The van der Waals surface area contributed by atoms with Gasteiger partial charge < -0.3 is 10.1 Å². The molecule has 0 spiro atoms. The zero-order chi connectivity index (χ0) is 15.6. The van der Waals surface area contributed by atoms with Crippen molar-refractivity contribution in [1.82, 2.24) is 13.9 Å². The molecule has 8 nitrogen and oxygen atoms in total. The monoisotopic (exact) mass is 319 g/mol. The van der Waals surface area contributed by atoms with E-state index in [9.17, 15) is 18.0 Å². The molecule has 2 aliphatic heterocycles. The summed E-state index contributed by atoms with van der Waals surface area (Å²) in [4.78, 5) is 23.6. The van der Waals surface area contributed by atoms with Gasteiger partial charge in [-0.2, -0.15) is 17.0 Å². The lowest BCUT2D eigenvalue weighted by Crippen LogP contribution is -2.60. The van der Waals surface area contributed by atoms with Gasteiger partial charge in [0.2, 0.25) is 5.91 Å². The molecular formula is C12H21N3O5S. The Morgan fingerprint density at radius 3 is 2.76 bits per heavy atom. The first-order valence-corrected chi connectivity index (χ1v) is 8.52. The highest BCUT2D eigenvalue weighted by molar-refractivity contribution is 7.86. The number of piperazine rings is 1. The van der Waals surface area contributed by atoms with E-state index in [1.165, 1.54) is 4.31 Å². The molecule has 1 amide bonds. The van der Waals surface area contributed by atoms with Gasteiger partial charge in [0.15, 0.2) is 0 Å². The van der Waals surface area contributed by atoms with Crippen LogP contribution in [-0.2, 0) is 24.5 Å². The second-order valence-electron chi connectivity index (χ2n) is 5.11. The summed E-state index contributed by atoms with van der Waals surface area (Å²) in [5.74, 6) is -0.843. The summed E-state index contributed by atoms with van der Waals surface area (Å²) in [6, 6.07) is -1.56. The average Bonchev–Trinajstić information content (AvgIpc) is 2.92. The first-order chi connectivity index (χ1) is 9.89. The van der Waals surface area contributed by atoms with Crippen molar-refractivity contribution in [3.05, 3.63) is 0 Å². The van der Waals surface area contributed by atoms with Crippen LogP contribution in [0.5, 0.6) is 0 Å². The maximum Gasteiger partial charge on any atom is 0.324 e. The molecule has 2 atom stereocenters. The van der Waals surface area contributed by atoms with Gasteiger partial charge in [-0.15, -0.1) is 0 Å². The van der Waals surface area contributed by atoms with Crippen LogP contribution in [0.2, 0.25) is 0 Å². The van der Waals surface area contributed by atoms with Gasteiger partial charge >= 0.3 is 5.97 Å². The van der Waals surface area contributed by atoms with E-state index in [0.717, 1.165) is 4.31 Å². The van der Waals surface area contributed by atoms with E-state index in [-0.39, 0.29) is 32.1 Å². The summed E-state index contributed by atoms with van der Waals surface area (Å²) in [7, 11) is -3.85. The highest BCUT2D eigenvalue weighted by atomic mass is 32.2. The minimum absolute atomic E-state index is 0.210. The number of hydrogen-bond acceptors (Lipinski definition) is 5. The number of amides is 1. The topological polar surface area (TPSA) is 96.0 Å². The highest BCUT2D eigenvalue weighted by Gasteiger charge is 2.45. The molecule has 0 saturated carbocycles. The van der Waals surface area contributed by atoms with Crippen molar-refractivity contribution in [3.63, 3.8) is 0 Å². The minimum Gasteiger partial charge on any atom is -0.465 e. The number of esters is 1. The summed E-state index contributed by atoms with van der Waals surface area (Å²) < 4.78 is 32.7. The number of hydrogen-bond donors (Lipinski definition) is 1. The summed E-state index contributed by atoms with van der Waals surface area (Å²) in [6.07, 6.45) is 1.06. The normalized spacial score (nSPS) is 28.4. The van der Waals surface area contributed by atoms with Crippen LogP contribution in [0.1, 0.15) is 26.7 Å². The quantitative estimate of drug-likeness (QED) is 0.676. The number of carbonyl (C=O) groups excluding carboxylic acids is 2. The molecule has 2 aliphatic rings. The first-order valence-electron chi connectivity index (χ1n) is 7.12. The van der Waals surface area contributed by atoms with Crippen LogP contribution in [0.15, 0.2) is 0 Å². The predicted molar refractivity (Wildman–Crippen MR) is 74.5 cm³/mol. The van der Waals surface area contributed by atoms with Crippen LogP contribution in [0.4, 0.5) is 0 Å². The van der Waals surface area contributed by atoms with Crippen LogP contribution in [0, 0.1) is 0 Å². The van der Waals surface area contributed by atoms with Gasteiger partial charge in [0.25, 0.3) is 10.2 Å². The van der Waals surface area contributed by atoms with Crippen molar-refractivity contribution in [1.29, 1.82) is 0 Å². The molecule has 21 heavy (non-hydrogen) atoms. The van der Waals surface area contributed by atoms with E-state index in [1.807, 2.05) is 0 Å². The lowest BCUT2D eigenvalue weighted by Gasteiger charge is -2.35. The van der Waals surface area contributed by atoms with Crippen LogP contribution in [0.3, 0.4) is 0 Å². The fourth-order valence-corrected chi connectivity index (χ4v) is 4.66. The Morgan fingerprint density at radius 2 is 2.10 bits per heavy atom. The number of ether oxygens (including phenoxy) is 1. The Bertz CT molecular complexity index is 521. The second-order valence-corrected chi connectivity index (χ2v) is 6.94. The van der Waals surface area contributed by atoms with Crippen LogP contribution in [-0.4, -0.2) is 67.2 Å². The Hall–Kier alpha value is -1.19. The minimum atomic E-state index is -3.85. The van der Waals surface area contributed by atoms with E-state index in [4.69, 9.17) is 4.74 Å². The lowest BCUT2D eigenvalue weighted by atomic mass is 10.2. The summed E-state index contributed by atoms with van der Waals surface area (Å²) in [5.41, 5.74) is 0. The SMILES string of the molecule is CCOC(=O)C1CCCN1S(=O)(=O)N1CCNC(=O)C1C. The van der Waals surface area contributed by atoms with Crippen molar-refractivity contribution in [2.24, 2.45) is 0 Å². The molecule has 0 bridgehead atoms. The fourth-order valence-electron chi connectivity index (χ4n) is 2.70. The molecule has 0 aromatic carbocycles. The molecule has 2 rings (SSSR count). The van der Waals surface area contributed by atoms with E-state index in [1.54, 1.807) is 13.8 Å². The maximum absolute atomic E-state index is 12.7. The van der Waals surface area contributed by atoms with Gasteiger partial charge in [-0.25, -0.2) is 0 Å². The largest absolute Gasteiger partial charge is 0.465 e. The van der Waals surface area contributed by atoms with E-state index in [2.05, 4.69) is 5.32 Å². The van der Waals surface area contributed by atoms with Gasteiger partial charge in [-0.05, 0) is 26.7 Å². The van der Waals surface area contributed by atoms with Crippen LogP contribution < -0.4 is 5.32 Å². The third-order valence-corrected chi connectivity index (χ3v) is 5.92. The number of rotatable bonds is 4. The Kier molecular flexibility index (Phi) is 4.84. The molecule has 2 saturated heterocycles. The van der Waals surface area contributed by atoms with Crippen LogP contribution in [0.25, 0.3) is 0 Å². The zero-order valence-corrected chi connectivity index (χ0v) is 13.1. The highest BCUT2D eigenvalue weighted by Crippen LogP contribution is 2.26. The third-order valence-electron chi connectivity index (χ3n) is 3.80. The maximum atomic E-state index is 12.7. The second kappa shape index (κ2) is 6.29. The fraction of sp³-hybridized carbons (Fsp3) is 0.833. The molecule has 9 heteroatoms. The Morgan fingerprint density at radius 1 is 1.38 bits per heavy atom. The molecule has 2 heterocycles. The van der Waals surface area contributed by atoms with Gasteiger partial charge in [-0.1, -0.05) is 0 Å². The summed E-state index contributed by atoms with van der Waals surface area (Å²) in [5, 5.41) is 2.62. The zero-order valence-electron chi connectivity index (χ0n) is 12.2. The van der Waals surface area contributed by atoms with Gasteiger partial charge in [0.1, 0.15) is 12.1 Å². The number of carbonyl (C=O) groups is 2. The number of nitrogens with zero attached hydrogens (tertiary/aromatic N) is 2. The van der Waals surface area contributed by atoms with Crippen molar-refractivity contribution >= 4 is 22.1 Å². The first kappa shape index (κ1) is 16.2. The lowest BCUT2D eigenvalue weighted by molar-refractivity contribution is -0.146. The molecule has 2 fully saturated rings. The van der Waals surface area contributed by atoms with Crippen molar-refractivity contribution in [3.8, 4) is 0 Å². The molecule has 1 N–H and O–H groups in total. The third kappa shape index (κ3) is 3.04. The molecule has 0 radical (unpaired) electrons. The summed E-state index contributed by atoms with van der Waals surface area (Å²) in [6.45, 7) is 4.20. The molecule has 0 aromatic rings. The van der Waals surface area contributed by atoms with Crippen molar-refractivity contribution in [2.75, 3.05) is 26.2 Å². The van der Waals surface area contributed by atoms with E-state index >= 15 is 0 Å². The number of nitrogens with one attached hydrogen (secondary N) is 1. The molecule has 0 aliphatic carbocycles. The Labute approximate surface area is 124 Å². The average molecular weight is 319 g/mol. The standard InChI is InChI=1S/C12H21N3O5S/c1-3-20-12(17)10-5-4-7-15(10)21(18,19)14-8-6-13-11(16)9(14)2/h9-10H,3-8H2,1-2H3,(H,13,16). The van der Waals surface area contributed by atoms with Gasteiger partial charge in [0, 0.05) is 19.6 Å². The molecular weight excluding hydrogens is 298 g/mol. The van der Waals surface area contributed by atoms with E-state index in [0.29, 0.717) is 12.8 Å². The smallest absolute Gasteiger partial charge is 0.324 e. The van der Waals surface area contributed by atoms with Crippen molar-refractivity contribution < 1.29 is 22.7 Å². The van der Waals surface area contributed by atoms with Crippen LogP contribution >= 0.6 is 0 Å². The van der Waals surface area contributed by atoms with E-state index < -0.39 is 28.3 Å². The van der Waals surface area contributed by atoms with Gasteiger partial charge in [0.05, 0.1) is 6.61 Å². The van der Waals surface area contributed by atoms with Gasteiger partial charge in [-0.3, -0.25) is 9.59 Å². The Balaban J connectivity index is 2.21. The molecule has 2 unspecified atom stereocenters.